The van der Waals surface area contributed by atoms with Gasteiger partial charge in [0.25, 0.3) is 5.91 Å². The van der Waals surface area contributed by atoms with Gasteiger partial charge in [0.1, 0.15) is 12.1 Å². The minimum absolute atomic E-state index is 0.213. The Hall–Kier alpha value is -3.35. The Morgan fingerprint density at radius 1 is 1.09 bits per heavy atom. The summed E-state index contributed by atoms with van der Waals surface area (Å²) in [5.41, 5.74) is 3.33. The van der Waals surface area contributed by atoms with Crippen molar-refractivity contribution in [2.24, 2.45) is 0 Å². The molecule has 1 aliphatic heterocycles. The summed E-state index contributed by atoms with van der Waals surface area (Å²) in [6.07, 6.45) is 9.70. The van der Waals surface area contributed by atoms with Gasteiger partial charge in [-0.2, -0.15) is 0 Å². The van der Waals surface area contributed by atoms with Crippen LogP contribution in [0, 0.1) is 0 Å². The third kappa shape index (κ3) is 4.93. The molecular weight excluding hydrogens is 406 g/mol. The Kier molecular flexibility index (Phi) is 7.87. The molecule has 0 aliphatic carbocycles. The average molecular weight is 438 g/mol. The predicted molar refractivity (Wildman–Crippen MR) is 122 cm³/mol. The number of carbonyl (C=O) groups is 2. The van der Waals surface area contributed by atoms with Gasteiger partial charge < -0.3 is 14.8 Å². The van der Waals surface area contributed by atoms with E-state index < -0.39 is 11.9 Å². The summed E-state index contributed by atoms with van der Waals surface area (Å²) in [4.78, 5) is 30.5. The second-order valence-electron chi connectivity index (χ2n) is 7.84. The first-order chi connectivity index (χ1) is 15.5. The summed E-state index contributed by atoms with van der Waals surface area (Å²) in [6, 6.07) is 7.45. The summed E-state index contributed by atoms with van der Waals surface area (Å²) in [5, 5.41) is 3.35. The molecule has 1 atom stereocenters. The molecule has 0 radical (unpaired) electrons. The molecule has 1 unspecified atom stereocenters. The van der Waals surface area contributed by atoms with Crippen LogP contribution in [0.25, 0.3) is 0 Å². The summed E-state index contributed by atoms with van der Waals surface area (Å²) in [6.45, 7) is 4.02. The van der Waals surface area contributed by atoms with Crippen molar-refractivity contribution in [2.45, 2.75) is 51.9 Å². The van der Waals surface area contributed by atoms with Crippen LogP contribution < -0.4 is 10.1 Å². The number of methoxy groups -OCH3 is 2. The number of dihydropyridines is 1. The van der Waals surface area contributed by atoms with Gasteiger partial charge in [0.15, 0.2) is 0 Å². The monoisotopic (exact) mass is 437 g/mol. The van der Waals surface area contributed by atoms with E-state index >= 15 is 0 Å². The van der Waals surface area contributed by atoms with Crippen LogP contribution in [0.2, 0.25) is 0 Å². The molecule has 32 heavy (non-hydrogen) atoms. The van der Waals surface area contributed by atoms with Crippen LogP contribution in [-0.4, -0.2) is 35.6 Å². The largest absolute Gasteiger partial charge is 0.497 e. The van der Waals surface area contributed by atoms with Crippen LogP contribution in [0.4, 0.5) is 0 Å². The highest BCUT2D eigenvalue weighted by Crippen LogP contribution is 2.41. The molecule has 1 N–H and O–H groups in total. The zero-order chi connectivity index (χ0) is 23.1. The summed E-state index contributed by atoms with van der Waals surface area (Å²) in [5.74, 6) is -0.535. The molecule has 2 aromatic rings. The summed E-state index contributed by atoms with van der Waals surface area (Å²) >= 11 is 0. The van der Waals surface area contributed by atoms with Gasteiger partial charge in [0, 0.05) is 29.4 Å². The van der Waals surface area contributed by atoms with E-state index in [-0.39, 0.29) is 5.91 Å². The summed E-state index contributed by atoms with van der Waals surface area (Å²) in [7, 11) is 2.96. The lowest BCUT2D eigenvalue weighted by Gasteiger charge is -2.32. The third-order valence-corrected chi connectivity index (χ3v) is 5.75. The van der Waals surface area contributed by atoms with Crippen molar-refractivity contribution in [1.29, 1.82) is 0 Å². The van der Waals surface area contributed by atoms with Crippen molar-refractivity contribution in [3.05, 3.63) is 71.1 Å². The molecule has 1 aromatic carbocycles. The molecule has 0 spiro atoms. The van der Waals surface area contributed by atoms with Gasteiger partial charge in [0.2, 0.25) is 0 Å². The van der Waals surface area contributed by atoms with Crippen LogP contribution in [0.1, 0.15) is 62.2 Å². The van der Waals surface area contributed by atoms with Crippen molar-refractivity contribution < 1.29 is 19.1 Å². The number of esters is 1. The molecule has 0 amide bonds. The maximum atomic E-state index is 13.7. The van der Waals surface area contributed by atoms with Gasteiger partial charge in [-0.3, -0.25) is 9.36 Å². The Labute approximate surface area is 189 Å². The van der Waals surface area contributed by atoms with Gasteiger partial charge in [-0.15, -0.1) is 0 Å². The number of unbranched alkanes of at least 4 members (excludes halogenated alkanes) is 3. The minimum atomic E-state index is -0.564. The van der Waals surface area contributed by atoms with E-state index in [1.54, 1.807) is 19.5 Å². The number of nitrogens with zero attached hydrogens (tertiary/aromatic N) is 2. The van der Waals surface area contributed by atoms with Crippen molar-refractivity contribution in [1.82, 2.24) is 14.9 Å². The smallest absolute Gasteiger partial charge is 0.336 e. The van der Waals surface area contributed by atoms with Crippen LogP contribution in [-0.2, 0) is 9.53 Å². The standard InChI is InChI=1S/C25H31N3O4/c1-5-6-7-8-9-20-23(24(29)28-15-14-26-16-28)22(18-10-12-19(31-3)13-11-18)21(17(2)27-20)25(30)32-4/h10-16,22,27H,5-9H2,1-4H3. The topological polar surface area (TPSA) is 82.5 Å². The lowest BCUT2D eigenvalue weighted by molar-refractivity contribution is -0.136. The van der Waals surface area contributed by atoms with E-state index in [4.69, 9.17) is 9.47 Å². The quantitative estimate of drug-likeness (QED) is 0.456. The first kappa shape index (κ1) is 23.3. The highest BCUT2D eigenvalue weighted by atomic mass is 16.5. The van der Waals surface area contributed by atoms with E-state index in [1.807, 2.05) is 31.2 Å². The molecule has 0 saturated heterocycles. The van der Waals surface area contributed by atoms with E-state index in [0.717, 1.165) is 36.9 Å². The molecule has 1 aliphatic rings. The molecular formula is C25H31N3O4. The molecule has 1 aromatic heterocycles. The maximum absolute atomic E-state index is 13.7. The van der Waals surface area contributed by atoms with Gasteiger partial charge in [-0.05, 0) is 37.5 Å². The molecule has 7 heteroatoms. The number of allylic oxidation sites excluding steroid dienone is 3. The maximum Gasteiger partial charge on any atom is 0.336 e. The zero-order valence-electron chi connectivity index (χ0n) is 19.2. The van der Waals surface area contributed by atoms with Crippen LogP contribution >= 0.6 is 0 Å². The number of rotatable bonds is 9. The van der Waals surface area contributed by atoms with Crippen molar-refractivity contribution >= 4 is 11.9 Å². The first-order valence-corrected chi connectivity index (χ1v) is 11.0. The number of hydrogen-bond acceptors (Lipinski definition) is 6. The molecule has 0 bridgehead atoms. The first-order valence-electron chi connectivity index (χ1n) is 11.0. The molecule has 0 fully saturated rings. The minimum Gasteiger partial charge on any atom is -0.497 e. The second kappa shape index (κ2) is 10.8. The average Bonchev–Trinajstić information content (AvgIpc) is 3.35. The second-order valence-corrected chi connectivity index (χ2v) is 7.84. The van der Waals surface area contributed by atoms with E-state index in [9.17, 15) is 9.59 Å². The lowest BCUT2D eigenvalue weighted by atomic mass is 9.79. The fraction of sp³-hybridized carbons (Fsp3) is 0.400. The summed E-state index contributed by atoms with van der Waals surface area (Å²) < 4.78 is 11.9. The Balaban J connectivity index is 2.15. The van der Waals surface area contributed by atoms with E-state index in [0.29, 0.717) is 29.0 Å². The Bertz CT molecular complexity index is 1000. The van der Waals surface area contributed by atoms with Gasteiger partial charge in [-0.1, -0.05) is 38.3 Å². The van der Waals surface area contributed by atoms with Crippen molar-refractivity contribution in [3.8, 4) is 5.75 Å². The fourth-order valence-electron chi connectivity index (χ4n) is 4.10. The SMILES string of the molecule is CCCCCCC1=C(C(=O)n2ccnc2)C(c2ccc(OC)cc2)C(C(=O)OC)=C(C)N1. The molecule has 7 nitrogen and oxygen atoms in total. The number of carbonyl (C=O) groups excluding carboxylic acids is 2. The number of nitrogens with one attached hydrogen (secondary N) is 1. The molecule has 170 valence electrons. The number of benzene rings is 1. The number of aromatic nitrogens is 2. The Morgan fingerprint density at radius 2 is 1.84 bits per heavy atom. The van der Waals surface area contributed by atoms with Crippen molar-refractivity contribution in [3.63, 3.8) is 0 Å². The van der Waals surface area contributed by atoms with E-state index in [2.05, 4.69) is 17.2 Å². The Morgan fingerprint density at radius 3 is 2.44 bits per heavy atom. The van der Waals surface area contributed by atoms with Crippen LogP contribution in [0.5, 0.6) is 5.75 Å². The van der Waals surface area contributed by atoms with Gasteiger partial charge in [0.05, 0.1) is 25.7 Å². The van der Waals surface area contributed by atoms with Gasteiger partial charge in [-0.25, -0.2) is 9.78 Å². The number of hydrogen-bond donors (Lipinski definition) is 1. The normalized spacial score (nSPS) is 16.1. The van der Waals surface area contributed by atoms with Crippen molar-refractivity contribution in [2.75, 3.05) is 14.2 Å². The third-order valence-electron chi connectivity index (χ3n) is 5.75. The number of imidazole rings is 1. The molecule has 3 rings (SSSR count). The van der Waals surface area contributed by atoms with Crippen LogP contribution in [0.3, 0.4) is 0 Å². The van der Waals surface area contributed by atoms with Gasteiger partial charge >= 0.3 is 5.97 Å². The lowest BCUT2D eigenvalue weighted by Crippen LogP contribution is -2.34. The zero-order valence-corrected chi connectivity index (χ0v) is 19.2. The number of ether oxygens (including phenoxy) is 2. The van der Waals surface area contributed by atoms with E-state index in [1.165, 1.54) is 18.0 Å². The highest BCUT2D eigenvalue weighted by molar-refractivity contribution is 6.03. The highest BCUT2D eigenvalue weighted by Gasteiger charge is 2.38. The van der Waals surface area contributed by atoms with Crippen LogP contribution in [0.15, 0.2) is 65.5 Å². The fourth-order valence-corrected chi connectivity index (χ4v) is 4.10. The predicted octanol–water partition coefficient (Wildman–Crippen LogP) is 4.59. The molecule has 0 saturated carbocycles. The molecule has 2 heterocycles.